The lowest BCUT2D eigenvalue weighted by molar-refractivity contribution is 0.0396. The standard InChI is InChI=1S/C17H33N3O4Si/c1-13(19-16(22)24-17(2,3)4)15(21)14-8-9-18-20(14)12-23-10-11-25(5,6)7/h8-9,13,15,21H,10-12H2,1-7H3,(H,19,22)/t13-,15?/m0/s1. The van der Waals surface area contributed by atoms with Crippen LogP contribution in [0.2, 0.25) is 25.7 Å². The lowest BCUT2D eigenvalue weighted by atomic mass is 10.1. The Hall–Kier alpha value is -1.38. The molecule has 0 saturated carbocycles. The molecule has 0 radical (unpaired) electrons. The second-order valence-electron chi connectivity index (χ2n) is 8.48. The van der Waals surface area contributed by atoms with E-state index < -0.39 is 31.9 Å². The summed E-state index contributed by atoms with van der Waals surface area (Å²) in [6.07, 6.45) is 0.146. The molecule has 7 nitrogen and oxygen atoms in total. The summed E-state index contributed by atoms with van der Waals surface area (Å²) in [5, 5.41) is 17.4. The van der Waals surface area contributed by atoms with Gasteiger partial charge in [0, 0.05) is 20.9 Å². The van der Waals surface area contributed by atoms with Gasteiger partial charge in [-0.15, -0.1) is 0 Å². The molecule has 0 aromatic carbocycles. The van der Waals surface area contributed by atoms with Crippen LogP contribution >= 0.6 is 0 Å². The van der Waals surface area contributed by atoms with Crippen LogP contribution in [0.15, 0.2) is 12.3 Å². The average molecular weight is 372 g/mol. The molecule has 8 heteroatoms. The van der Waals surface area contributed by atoms with Crippen molar-refractivity contribution >= 4 is 14.2 Å². The van der Waals surface area contributed by atoms with Crippen molar-refractivity contribution in [1.82, 2.24) is 15.1 Å². The topological polar surface area (TPSA) is 85.6 Å². The number of carbonyl (C=O) groups is 1. The van der Waals surface area contributed by atoms with Gasteiger partial charge >= 0.3 is 6.09 Å². The van der Waals surface area contributed by atoms with Crippen molar-refractivity contribution in [3.63, 3.8) is 0 Å². The lowest BCUT2D eigenvalue weighted by Crippen LogP contribution is -2.41. The zero-order valence-corrected chi connectivity index (χ0v) is 17.5. The highest BCUT2D eigenvalue weighted by atomic mass is 28.3. The third-order valence-corrected chi connectivity index (χ3v) is 5.18. The molecule has 144 valence electrons. The van der Waals surface area contributed by atoms with E-state index in [1.54, 1.807) is 44.6 Å². The highest BCUT2D eigenvalue weighted by Gasteiger charge is 2.24. The van der Waals surface area contributed by atoms with E-state index >= 15 is 0 Å². The lowest BCUT2D eigenvalue weighted by Gasteiger charge is -2.24. The average Bonchev–Trinajstić information content (AvgIpc) is 2.87. The summed E-state index contributed by atoms with van der Waals surface area (Å²) in [5.41, 5.74) is 0.0114. The minimum absolute atomic E-state index is 0.281. The van der Waals surface area contributed by atoms with E-state index in [1.165, 1.54) is 0 Å². The number of carbonyl (C=O) groups excluding carboxylic acids is 1. The molecule has 1 amide bonds. The zero-order chi connectivity index (χ0) is 19.3. The van der Waals surface area contributed by atoms with Crippen LogP contribution < -0.4 is 5.32 Å². The van der Waals surface area contributed by atoms with E-state index in [0.29, 0.717) is 12.3 Å². The number of amides is 1. The first-order chi connectivity index (χ1) is 11.4. The number of ether oxygens (including phenoxy) is 2. The zero-order valence-electron chi connectivity index (χ0n) is 16.5. The summed E-state index contributed by atoms with van der Waals surface area (Å²) in [6, 6.07) is 2.27. The van der Waals surface area contributed by atoms with Gasteiger partial charge in [0.05, 0.1) is 11.7 Å². The van der Waals surface area contributed by atoms with Crippen molar-refractivity contribution in [2.45, 2.75) is 77.9 Å². The van der Waals surface area contributed by atoms with Gasteiger partial charge < -0.3 is 19.9 Å². The van der Waals surface area contributed by atoms with Crippen LogP contribution in [0.4, 0.5) is 4.79 Å². The molecule has 0 spiro atoms. The van der Waals surface area contributed by atoms with Gasteiger partial charge in [-0.25, -0.2) is 9.48 Å². The van der Waals surface area contributed by atoms with Crippen molar-refractivity contribution in [3.8, 4) is 0 Å². The van der Waals surface area contributed by atoms with Crippen LogP contribution in [0.25, 0.3) is 0 Å². The Labute approximate surface area is 151 Å². The van der Waals surface area contributed by atoms with Crippen LogP contribution in [0, 0.1) is 0 Å². The van der Waals surface area contributed by atoms with Gasteiger partial charge in [0.15, 0.2) is 0 Å². The third-order valence-electron chi connectivity index (χ3n) is 3.48. The maximum Gasteiger partial charge on any atom is 0.407 e. The Morgan fingerprint density at radius 1 is 1.40 bits per heavy atom. The first-order valence-corrected chi connectivity index (χ1v) is 12.4. The number of hydrogen-bond acceptors (Lipinski definition) is 5. The van der Waals surface area contributed by atoms with Crippen LogP contribution in [0.3, 0.4) is 0 Å². The molecule has 0 saturated heterocycles. The molecule has 0 aliphatic heterocycles. The van der Waals surface area contributed by atoms with Gasteiger partial charge in [-0.05, 0) is 39.8 Å². The maximum absolute atomic E-state index is 11.8. The fourth-order valence-corrected chi connectivity index (χ4v) is 2.82. The number of nitrogens with zero attached hydrogens (tertiary/aromatic N) is 2. The molecular weight excluding hydrogens is 338 g/mol. The molecular formula is C17H33N3O4Si. The van der Waals surface area contributed by atoms with E-state index in [4.69, 9.17) is 9.47 Å². The summed E-state index contributed by atoms with van der Waals surface area (Å²) < 4.78 is 12.5. The fraction of sp³-hybridized carbons (Fsp3) is 0.765. The molecule has 0 aliphatic rings. The molecule has 2 atom stereocenters. The number of nitrogens with one attached hydrogen (secondary N) is 1. The monoisotopic (exact) mass is 371 g/mol. The minimum atomic E-state index is -1.14. The van der Waals surface area contributed by atoms with Crippen LogP contribution in [-0.2, 0) is 16.2 Å². The first kappa shape index (κ1) is 21.7. The van der Waals surface area contributed by atoms with Gasteiger partial charge in [0.2, 0.25) is 0 Å². The van der Waals surface area contributed by atoms with Gasteiger partial charge in [0.25, 0.3) is 0 Å². The quantitative estimate of drug-likeness (QED) is 0.541. The number of alkyl carbamates (subject to hydrolysis) is 1. The molecule has 0 aliphatic carbocycles. The third kappa shape index (κ3) is 8.51. The molecule has 0 fully saturated rings. The van der Waals surface area contributed by atoms with Gasteiger partial charge in [-0.2, -0.15) is 5.10 Å². The van der Waals surface area contributed by atoms with Crippen LogP contribution in [0.5, 0.6) is 0 Å². The predicted molar refractivity (Wildman–Crippen MR) is 100 cm³/mol. The van der Waals surface area contributed by atoms with Crippen molar-refractivity contribution in [2.75, 3.05) is 6.61 Å². The summed E-state index contributed by atoms with van der Waals surface area (Å²) in [5.74, 6) is 0. The Kier molecular flexibility index (Phi) is 7.64. The van der Waals surface area contributed by atoms with Crippen molar-refractivity contribution in [3.05, 3.63) is 18.0 Å². The van der Waals surface area contributed by atoms with E-state index in [0.717, 1.165) is 6.04 Å². The molecule has 1 rings (SSSR count). The summed E-state index contributed by atoms with van der Waals surface area (Å²) in [6.45, 7) is 14.9. The Morgan fingerprint density at radius 3 is 2.60 bits per heavy atom. The molecule has 1 aromatic rings. The van der Waals surface area contributed by atoms with E-state index in [1.807, 2.05) is 0 Å². The summed E-state index contributed by atoms with van der Waals surface area (Å²) in [7, 11) is -1.14. The maximum atomic E-state index is 11.8. The second-order valence-corrected chi connectivity index (χ2v) is 14.1. The predicted octanol–water partition coefficient (Wildman–Crippen LogP) is 3.14. The molecule has 1 heterocycles. The van der Waals surface area contributed by atoms with Gasteiger partial charge in [-0.3, -0.25) is 0 Å². The number of aromatic nitrogens is 2. The van der Waals surface area contributed by atoms with Gasteiger partial charge in [0.1, 0.15) is 18.4 Å². The van der Waals surface area contributed by atoms with Crippen molar-refractivity contribution in [2.24, 2.45) is 0 Å². The molecule has 0 bridgehead atoms. The molecule has 2 N–H and O–H groups in total. The van der Waals surface area contributed by atoms with Gasteiger partial charge in [-0.1, -0.05) is 19.6 Å². The Bertz CT molecular complexity index is 549. The molecule has 1 aromatic heterocycles. The Balaban J connectivity index is 2.57. The molecule has 25 heavy (non-hydrogen) atoms. The van der Waals surface area contributed by atoms with Crippen LogP contribution in [0.1, 0.15) is 39.5 Å². The second kappa shape index (κ2) is 8.82. The minimum Gasteiger partial charge on any atom is -0.444 e. The number of hydrogen-bond donors (Lipinski definition) is 2. The highest BCUT2D eigenvalue weighted by Crippen LogP contribution is 2.17. The fourth-order valence-electron chi connectivity index (χ4n) is 2.06. The SMILES string of the molecule is C[C@H](NC(=O)OC(C)(C)C)C(O)c1ccnn1COCC[Si](C)(C)C. The van der Waals surface area contributed by atoms with Crippen LogP contribution in [-0.4, -0.2) is 47.3 Å². The largest absolute Gasteiger partial charge is 0.444 e. The number of aliphatic hydroxyl groups is 1. The Morgan fingerprint density at radius 2 is 2.04 bits per heavy atom. The van der Waals surface area contributed by atoms with Crippen molar-refractivity contribution in [1.29, 1.82) is 0 Å². The van der Waals surface area contributed by atoms with E-state index in [9.17, 15) is 9.90 Å². The number of rotatable bonds is 8. The summed E-state index contributed by atoms with van der Waals surface area (Å²) in [4.78, 5) is 11.8. The number of aliphatic hydroxyl groups excluding tert-OH is 1. The smallest absolute Gasteiger partial charge is 0.407 e. The van der Waals surface area contributed by atoms with E-state index in [2.05, 4.69) is 30.1 Å². The van der Waals surface area contributed by atoms with E-state index in [-0.39, 0.29) is 6.73 Å². The highest BCUT2D eigenvalue weighted by molar-refractivity contribution is 6.76. The first-order valence-electron chi connectivity index (χ1n) is 8.66. The summed E-state index contributed by atoms with van der Waals surface area (Å²) >= 11 is 0. The normalized spacial score (nSPS) is 14.9. The molecule has 1 unspecified atom stereocenters. The van der Waals surface area contributed by atoms with Crippen molar-refractivity contribution < 1.29 is 19.4 Å².